The molecule has 0 aromatic carbocycles. The number of aliphatic carboxylic acids is 1. The predicted molar refractivity (Wildman–Crippen MR) is 71.8 cm³/mol. The van der Waals surface area contributed by atoms with E-state index in [2.05, 4.69) is 5.32 Å². The van der Waals surface area contributed by atoms with E-state index >= 15 is 0 Å². The number of carboxylic acids is 1. The molecule has 19 heavy (non-hydrogen) atoms. The fourth-order valence-electron chi connectivity index (χ4n) is 3.43. The Kier molecular flexibility index (Phi) is 4.45. The zero-order valence-electron chi connectivity index (χ0n) is 11.7. The number of piperidine rings is 1. The number of hydrogen-bond acceptors (Lipinski definition) is 3. The molecule has 1 unspecified atom stereocenters. The topological polar surface area (TPSA) is 69.6 Å². The third-order valence-corrected chi connectivity index (χ3v) is 4.69. The normalized spacial score (nSPS) is 28.6. The molecule has 2 N–H and O–H groups in total. The molecule has 108 valence electrons. The number of carboxylic acid groups (broad SMARTS) is 1. The number of rotatable bonds is 4. The zero-order valence-corrected chi connectivity index (χ0v) is 11.7. The smallest absolute Gasteiger partial charge is 0.329 e. The minimum atomic E-state index is -0.940. The van der Waals surface area contributed by atoms with E-state index in [-0.39, 0.29) is 5.91 Å². The van der Waals surface area contributed by atoms with Crippen LogP contribution >= 0.6 is 0 Å². The van der Waals surface area contributed by atoms with Crippen LogP contribution < -0.4 is 5.32 Å². The van der Waals surface area contributed by atoms with E-state index in [9.17, 15) is 14.7 Å². The highest BCUT2D eigenvalue weighted by molar-refractivity contribution is 5.87. The van der Waals surface area contributed by atoms with E-state index in [1.807, 2.05) is 6.92 Å². The fraction of sp³-hybridized carbons (Fsp3) is 0.857. The average Bonchev–Trinajstić information content (AvgIpc) is 2.85. The molecule has 2 saturated heterocycles. The average molecular weight is 268 g/mol. The first-order chi connectivity index (χ1) is 9.10. The molecular formula is C14H24N2O3. The van der Waals surface area contributed by atoms with Gasteiger partial charge in [0, 0.05) is 13.0 Å². The number of likely N-dealkylation sites (tertiary alicyclic amines) is 1. The fourth-order valence-corrected chi connectivity index (χ4v) is 3.43. The Morgan fingerprint density at radius 2 is 2.05 bits per heavy atom. The first-order valence-corrected chi connectivity index (χ1v) is 7.34. The van der Waals surface area contributed by atoms with Crippen molar-refractivity contribution >= 4 is 11.9 Å². The number of nitrogens with one attached hydrogen (secondary N) is 1. The molecule has 0 aliphatic carbocycles. The second kappa shape index (κ2) is 5.90. The Hall–Kier alpha value is -1.10. The maximum atomic E-state index is 12.4. The summed E-state index contributed by atoms with van der Waals surface area (Å²) in [7, 11) is 0. The summed E-state index contributed by atoms with van der Waals surface area (Å²) in [6.07, 6.45) is 4.45. The van der Waals surface area contributed by atoms with Crippen LogP contribution in [0.4, 0.5) is 0 Å². The lowest BCUT2D eigenvalue weighted by Gasteiger charge is -2.35. The van der Waals surface area contributed by atoms with Crippen molar-refractivity contribution in [2.24, 2.45) is 5.92 Å². The second-order valence-electron chi connectivity index (χ2n) is 5.74. The van der Waals surface area contributed by atoms with Gasteiger partial charge in [0.15, 0.2) is 0 Å². The Morgan fingerprint density at radius 3 is 2.63 bits per heavy atom. The van der Waals surface area contributed by atoms with E-state index in [4.69, 9.17) is 0 Å². The van der Waals surface area contributed by atoms with Gasteiger partial charge in [-0.1, -0.05) is 6.92 Å². The molecule has 0 saturated carbocycles. The molecule has 0 radical (unpaired) electrons. The van der Waals surface area contributed by atoms with Gasteiger partial charge < -0.3 is 15.3 Å². The lowest BCUT2D eigenvalue weighted by atomic mass is 9.90. The molecule has 2 fully saturated rings. The number of hydrogen-bond donors (Lipinski definition) is 2. The minimum Gasteiger partial charge on any atom is -0.479 e. The third kappa shape index (κ3) is 2.76. The molecule has 0 aromatic heterocycles. The zero-order chi connectivity index (χ0) is 13.9. The van der Waals surface area contributed by atoms with Gasteiger partial charge in [-0.2, -0.15) is 0 Å². The van der Waals surface area contributed by atoms with Crippen LogP contribution in [0.15, 0.2) is 0 Å². The van der Waals surface area contributed by atoms with E-state index < -0.39 is 11.5 Å². The van der Waals surface area contributed by atoms with Gasteiger partial charge in [-0.25, -0.2) is 4.79 Å². The summed E-state index contributed by atoms with van der Waals surface area (Å²) in [6.45, 7) is 4.40. The molecule has 1 atom stereocenters. The molecule has 0 spiro atoms. The van der Waals surface area contributed by atoms with Gasteiger partial charge >= 0.3 is 5.97 Å². The van der Waals surface area contributed by atoms with Crippen molar-refractivity contribution in [2.75, 3.05) is 19.6 Å². The highest BCUT2D eigenvalue weighted by Crippen LogP contribution is 2.34. The number of amides is 1. The van der Waals surface area contributed by atoms with Crippen LogP contribution in [-0.2, 0) is 9.59 Å². The summed E-state index contributed by atoms with van der Waals surface area (Å²) in [4.78, 5) is 25.6. The summed E-state index contributed by atoms with van der Waals surface area (Å²) in [5.74, 6) is -0.391. The first kappa shape index (κ1) is 14.3. The first-order valence-electron chi connectivity index (χ1n) is 7.34. The van der Waals surface area contributed by atoms with E-state index in [0.717, 1.165) is 32.4 Å². The molecule has 2 aliphatic heterocycles. The van der Waals surface area contributed by atoms with Crippen molar-refractivity contribution in [3.63, 3.8) is 0 Å². The van der Waals surface area contributed by atoms with Crippen molar-refractivity contribution in [1.29, 1.82) is 0 Å². The van der Waals surface area contributed by atoms with Gasteiger partial charge in [0.2, 0.25) is 5.91 Å². The van der Waals surface area contributed by atoms with Crippen molar-refractivity contribution in [1.82, 2.24) is 10.2 Å². The lowest BCUT2D eigenvalue weighted by molar-refractivity contribution is -0.157. The summed E-state index contributed by atoms with van der Waals surface area (Å²) in [5, 5.41) is 12.8. The largest absolute Gasteiger partial charge is 0.479 e. The molecule has 5 heteroatoms. The molecule has 1 amide bonds. The van der Waals surface area contributed by atoms with Crippen LogP contribution in [0.3, 0.4) is 0 Å². The van der Waals surface area contributed by atoms with Gasteiger partial charge in [-0.3, -0.25) is 4.79 Å². The molecule has 0 bridgehead atoms. The number of nitrogens with zero attached hydrogens (tertiary/aromatic N) is 1. The molecule has 2 rings (SSSR count). The molecular weight excluding hydrogens is 244 g/mol. The molecule has 5 nitrogen and oxygen atoms in total. The SMILES string of the molecule is CCC1(C(=O)O)CCCN1C(=O)CC1CCNCC1. The van der Waals surface area contributed by atoms with Gasteiger partial charge in [0.05, 0.1) is 0 Å². The number of carbonyl (C=O) groups is 2. The second-order valence-corrected chi connectivity index (χ2v) is 5.74. The van der Waals surface area contributed by atoms with Crippen molar-refractivity contribution in [3.05, 3.63) is 0 Å². The van der Waals surface area contributed by atoms with Crippen LogP contribution in [0, 0.1) is 5.92 Å². The monoisotopic (exact) mass is 268 g/mol. The van der Waals surface area contributed by atoms with Crippen LogP contribution in [0.2, 0.25) is 0 Å². The van der Waals surface area contributed by atoms with E-state index in [1.54, 1.807) is 4.90 Å². The van der Waals surface area contributed by atoms with Gasteiger partial charge in [-0.15, -0.1) is 0 Å². The summed E-state index contributed by atoms with van der Waals surface area (Å²) in [6, 6.07) is 0. The highest BCUT2D eigenvalue weighted by atomic mass is 16.4. The van der Waals surface area contributed by atoms with E-state index in [0.29, 0.717) is 31.7 Å². The van der Waals surface area contributed by atoms with Crippen molar-refractivity contribution in [3.8, 4) is 0 Å². The molecule has 0 aromatic rings. The van der Waals surface area contributed by atoms with Crippen LogP contribution in [-0.4, -0.2) is 47.1 Å². The number of carbonyl (C=O) groups excluding carboxylic acids is 1. The third-order valence-electron chi connectivity index (χ3n) is 4.69. The molecule has 2 aliphatic rings. The van der Waals surface area contributed by atoms with Crippen LogP contribution in [0.1, 0.15) is 45.4 Å². The van der Waals surface area contributed by atoms with Gasteiger partial charge in [-0.05, 0) is 51.1 Å². The Balaban J connectivity index is 2.02. The van der Waals surface area contributed by atoms with Gasteiger partial charge in [0.25, 0.3) is 0 Å². The summed E-state index contributed by atoms with van der Waals surface area (Å²) >= 11 is 0. The van der Waals surface area contributed by atoms with Crippen molar-refractivity contribution < 1.29 is 14.7 Å². The quantitative estimate of drug-likeness (QED) is 0.804. The summed E-state index contributed by atoms with van der Waals surface area (Å²) in [5.41, 5.74) is -0.940. The van der Waals surface area contributed by atoms with Gasteiger partial charge in [0.1, 0.15) is 5.54 Å². The standard InChI is InChI=1S/C14H24N2O3/c1-2-14(13(18)19)6-3-9-16(14)12(17)10-11-4-7-15-8-5-11/h11,15H,2-10H2,1H3,(H,18,19). The Morgan fingerprint density at radius 1 is 1.37 bits per heavy atom. The lowest BCUT2D eigenvalue weighted by Crippen LogP contribution is -2.53. The maximum absolute atomic E-state index is 12.4. The Bertz CT molecular complexity index is 353. The van der Waals surface area contributed by atoms with Crippen LogP contribution in [0.25, 0.3) is 0 Å². The maximum Gasteiger partial charge on any atom is 0.329 e. The predicted octanol–water partition coefficient (Wildman–Crippen LogP) is 1.23. The molecule has 2 heterocycles. The van der Waals surface area contributed by atoms with Crippen molar-refractivity contribution in [2.45, 2.75) is 51.0 Å². The minimum absolute atomic E-state index is 0.0358. The van der Waals surface area contributed by atoms with E-state index in [1.165, 1.54) is 0 Å². The van der Waals surface area contributed by atoms with Crippen LogP contribution in [0.5, 0.6) is 0 Å². The summed E-state index contributed by atoms with van der Waals surface area (Å²) < 4.78 is 0. The Labute approximate surface area is 114 Å². The highest BCUT2D eigenvalue weighted by Gasteiger charge is 2.48.